The van der Waals surface area contributed by atoms with Gasteiger partial charge in [0, 0.05) is 24.0 Å². The number of nitro benzene ring substituents is 1. The summed E-state index contributed by atoms with van der Waals surface area (Å²) in [5.74, 6) is 0. The number of aromatic nitrogens is 1. The monoisotopic (exact) mass is 279 g/mol. The zero-order valence-electron chi connectivity index (χ0n) is 10.4. The summed E-state index contributed by atoms with van der Waals surface area (Å²) in [7, 11) is 0. The quantitative estimate of drug-likeness (QED) is 0.690. The minimum Gasteiger partial charge on any atom is -0.345 e. The van der Waals surface area contributed by atoms with E-state index < -0.39 is 4.92 Å². The van der Waals surface area contributed by atoms with Crippen LogP contribution in [0.5, 0.6) is 0 Å². The van der Waals surface area contributed by atoms with Crippen LogP contribution in [0.2, 0.25) is 5.02 Å². The average molecular weight is 280 g/mol. The van der Waals surface area contributed by atoms with Gasteiger partial charge >= 0.3 is 0 Å². The Hall–Kier alpha value is -1.85. The highest BCUT2D eigenvalue weighted by Gasteiger charge is 2.18. The van der Waals surface area contributed by atoms with E-state index in [4.69, 9.17) is 17.3 Å². The van der Waals surface area contributed by atoms with Gasteiger partial charge in [-0.25, -0.2) is 0 Å². The number of benzene rings is 1. The fourth-order valence-electron chi connectivity index (χ4n) is 2.03. The van der Waals surface area contributed by atoms with Crippen LogP contribution in [0.1, 0.15) is 24.2 Å². The lowest BCUT2D eigenvalue weighted by Gasteiger charge is -2.13. The maximum atomic E-state index is 11.0. The van der Waals surface area contributed by atoms with E-state index in [1.165, 1.54) is 6.07 Å². The third kappa shape index (κ3) is 2.77. The first kappa shape index (κ1) is 13.6. The third-order valence-electron chi connectivity index (χ3n) is 2.95. The lowest BCUT2D eigenvalue weighted by Crippen LogP contribution is -2.13. The van der Waals surface area contributed by atoms with Crippen LogP contribution in [0.4, 0.5) is 5.69 Å². The first-order valence-electron chi connectivity index (χ1n) is 5.83. The van der Waals surface area contributed by atoms with E-state index in [1.807, 2.05) is 29.8 Å². The van der Waals surface area contributed by atoms with Crippen LogP contribution in [0.15, 0.2) is 36.5 Å². The summed E-state index contributed by atoms with van der Waals surface area (Å²) in [5, 5.41) is 11.4. The average Bonchev–Trinajstić information content (AvgIpc) is 2.79. The SMILES string of the molecule is CC(N)c1cccn1Cc1c(Cl)cccc1[N+](=O)[O-]. The Balaban J connectivity index is 2.43. The van der Waals surface area contributed by atoms with Crippen LogP contribution >= 0.6 is 11.6 Å². The summed E-state index contributed by atoms with van der Waals surface area (Å²) in [6, 6.07) is 8.30. The highest BCUT2D eigenvalue weighted by Crippen LogP contribution is 2.28. The number of nitrogens with two attached hydrogens (primary N) is 1. The first-order chi connectivity index (χ1) is 9.00. The normalized spacial score (nSPS) is 12.4. The number of nitrogens with zero attached hydrogens (tertiary/aromatic N) is 2. The Morgan fingerprint density at radius 3 is 2.79 bits per heavy atom. The summed E-state index contributed by atoms with van der Waals surface area (Å²) >= 11 is 6.07. The number of halogens is 1. The summed E-state index contributed by atoms with van der Waals surface area (Å²) in [5.41, 5.74) is 7.29. The Bertz CT molecular complexity index is 608. The molecule has 0 radical (unpaired) electrons. The molecule has 0 saturated heterocycles. The van der Waals surface area contributed by atoms with Gasteiger partial charge in [0.25, 0.3) is 5.69 Å². The predicted molar refractivity (Wildman–Crippen MR) is 74.2 cm³/mol. The van der Waals surface area contributed by atoms with Crippen LogP contribution in [0, 0.1) is 10.1 Å². The fourth-order valence-corrected chi connectivity index (χ4v) is 2.26. The molecule has 0 spiro atoms. The molecule has 0 aliphatic heterocycles. The van der Waals surface area contributed by atoms with E-state index in [0.717, 1.165) is 5.69 Å². The molecule has 0 aliphatic carbocycles. The van der Waals surface area contributed by atoms with Crippen molar-refractivity contribution in [3.63, 3.8) is 0 Å². The molecular formula is C13H14ClN3O2. The van der Waals surface area contributed by atoms with E-state index in [2.05, 4.69) is 0 Å². The second kappa shape index (κ2) is 5.42. The molecule has 0 aliphatic rings. The Morgan fingerprint density at radius 1 is 1.42 bits per heavy atom. The molecule has 0 amide bonds. The molecule has 0 bridgehead atoms. The van der Waals surface area contributed by atoms with Crippen molar-refractivity contribution in [1.29, 1.82) is 0 Å². The smallest absolute Gasteiger partial charge is 0.275 e. The fraction of sp³-hybridized carbons (Fsp3) is 0.231. The summed E-state index contributed by atoms with van der Waals surface area (Å²) in [6.07, 6.45) is 1.84. The van der Waals surface area contributed by atoms with Gasteiger partial charge in [-0.15, -0.1) is 0 Å². The summed E-state index contributed by atoms with van der Waals surface area (Å²) < 4.78 is 1.87. The van der Waals surface area contributed by atoms with E-state index in [9.17, 15) is 10.1 Å². The second-order valence-electron chi connectivity index (χ2n) is 4.34. The molecule has 2 aromatic rings. The molecule has 1 unspecified atom stereocenters. The lowest BCUT2D eigenvalue weighted by atomic mass is 10.1. The van der Waals surface area contributed by atoms with Crippen molar-refractivity contribution in [2.45, 2.75) is 19.5 Å². The minimum atomic E-state index is -0.420. The number of nitro groups is 1. The van der Waals surface area contributed by atoms with Crippen molar-refractivity contribution in [2.24, 2.45) is 5.73 Å². The molecule has 2 N–H and O–H groups in total. The van der Waals surface area contributed by atoms with Gasteiger partial charge < -0.3 is 10.3 Å². The van der Waals surface area contributed by atoms with Crippen molar-refractivity contribution in [3.8, 4) is 0 Å². The van der Waals surface area contributed by atoms with E-state index in [1.54, 1.807) is 12.1 Å². The number of hydrogen-bond acceptors (Lipinski definition) is 3. The molecule has 100 valence electrons. The Morgan fingerprint density at radius 2 is 2.16 bits per heavy atom. The van der Waals surface area contributed by atoms with Crippen LogP contribution in [-0.4, -0.2) is 9.49 Å². The van der Waals surface area contributed by atoms with Gasteiger partial charge in [0.05, 0.1) is 22.1 Å². The van der Waals surface area contributed by atoms with Gasteiger partial charge in [-0.1, -0.05) is 17.7 Å². The maximum absolute atomic E-state index is 11.0. The van der Waals surface area contributed by atoms with Gasteiger partial charge in [0.1, 0.15) is 0 Å². The van der Waals surface area contributed by atoms with Crippen molar-refractivity contribution in [1.82, 2.24) is 4.57 Å². The number of hydrogen-bond donors (Lipinski definition) is 1. The highest BCUT2D eigenvalue weighted by atomic mass is 35.5. The molecule has 0 saturated carbocycles. The van der Waals surface area contributed by atoms with Crippen LogP contribution in [0.3, 0.4) is 0 Å². The zero-order chi connectivity index (χ0) is 14.0. The molecule has 1 heterocycles. The lowest BCUT2D eigenvalue weighted by molar-refractivity contribution is -0.385. The maximum Gasteiger partial charge on any atom is 0.275 e. The minimum absolute atomic E-state index is 0.0248. The van der Waals surface area contributed by atoms with E-state index in [0.29, 0.717) is 17.1 Å². The molecule has 19 heavy (non-hydrogen) atoms. The molecule has 1 aromatic carbocycles. The third-order valence-corrected chi connectivity index (χ3v) is 3.30. The first-order valence-corrected chi connectivity index (χ1v) is 6.21. The van der Waals surface area contributed by atoms with Crippen LogP contribution in [0.25, 0.3) is 0 Å². The second-order valence-corrected chi connectivity index (χ2v) is 4.75. The van der Waals surface area contributed by atoms with Gasteiger partial charge in [0.2, 0.25) is 0 Å². The van der Waals surface area contributed by atoms with Crippen LogP contribution < -0.4 is 5.73 Å². The van der Waals surface area contributed by atoms with E-state index in [-0.39, 0.29) is 11.7 Å². The topological polar surface area (TPSA) is 74.1 Å². The summed E-state index contributed by atoms with van der Waals surface area (Å²) in [6.45, 7) is 2.20. The van der Waals surface area contributed by atoms with Gasteiger partial charge in [-0.2, -0.15) is 0 Å². The molecule has 1 aromatic heterocycles. The zero-order valence-corrected chi connectivity index (χ0v) is 11.2. The van der Waals surface area contributed by atoms with Crippen LogP contribution in [-0.2, 0) is 6.54 Å². The van der Waals surface area contributed by atoms with Gasteiger partial charge in [-0.3, -0.25) is 10.1 Å². The summed E-state index contributed by atoms with van der Waals surface area (Å²) in [4.78, 5) is 10.6. The van der Waals surface area contributed by atoms with Crippen molar-refractivity contribution in [3.05, 3.63) is 62.9 Å². The Labute approximate surface area is 115 Å². The standard InChI is InChI=1S/C13H14ClN3O2/c1-9(15)12-6-3-7-16(12)8-10-11(14)4-2-5-13(10)17(18)19/h2-7,9H,8,15H2,1H3. The van der Waals surface area contributed by atoms with Crippen molar-refractivity contribution >= 4 is 17.3 Å². The molecule has 5 nitrogen and oxygen atoms in total. The van der Waals surface area contributed by atoms with Crippen molar-refractivity contribution in [2.75, 3.05) is 0 Å². The largest absolute Gasteiger partial charge is 0.345 e. The van der Waals surface area contributed by atoms with Crippen molar-refractivity contribution < 1.29 is 4.92 Å². The molecule has 6 heteroatoms. The highest BCUT2D eigenvalue weighted by molar-refractivity contribution is 6.31. The Kier molecular flexibility index (Phi) is 3.87. The molecule has 2 rings (SSSR count). The predicted octanol–water partition coefficient (Wildman–Crippen LogP) is 3.12. The molecule has 1 atom stereocenters. The van der Waals surface area contributed by atoms with Gasteiger partial charge in [0.15, 0.2) is 0 Å². The molecular weight excluding hydrogens is 266 g/mol. The van der Waals surface area contributed by atoms with Gasteiger partial charge in [-0.05, 0) is 25.1 Å². The number of rotatable bonds is 4. The molecule has 0 fully saturated rings. The van der Waals surface area contributed by atoms with E-state index >= 15 is 0 Å².